The van der Waals surface area contributed by atoms with Crippen LogP contribution >= 0.6 is 27.7 Å². The first-order valence-corrected chi connectivity index (χ1v) is 11.6. The summed E-state index contributed by atoms with van der Waals surface area (Å²) < 4.78 is 11.5. The fourth-order valence-corrected chi connectivity index (χ4v) is 4.69. The lowest BCUT2D eigenvalue weighted by atomic mass is 10.1. The minimum Gasteiger partial charge on any atom is -0.490 e. The van der Waals surface area contributed by atoms with Gasteiger partial charge in [-0.15, -0.1) is 0 Å². The summed E-state index contributed by atoms with van der Waals surface area (Å²) in [5, 5.41) is 9.53. The molecule has 0 atom stereocenters. The second-order valence-electron chi connectivity index (χ2n) is 7.05. The number of hydrogen-bond donors (Lipinski definition) is 1. The van der Waals surface area contributed by atoms with Gasteiger partial charge in [0, 0.05) is 6.04 Å². The van der Waals surface area contributed by atoms with E-state index < -0.39 is 12.6 Å². The molecule has 1 heterocycles. The summed E-state index contributed by atoms with van der Waals surface area (Å²) in [6.07, 6.45) is 1.77. The van der Waals surface area contributed by atoms with E-state index in [-0.39, 0.29) is 11.9 Å². The lowest BCUT2D eigenvalue weighted by Crippen LogP contribution is -2.35. The zero-order valence-corrected chi connectivity index (χ0v) is 20.3. The van der Waals surface area contributed by atoms with E-state index >= 15 is 0 Å². The molecule has 168 valence electrons. The maximum atomic E-state index is 13.1. The standard InChI is InChI=1S/C23H23BrN2O5S/c1-4-30-18-11-15(10-17(24)21(18)31-13-20(27)28)12-19-22(29)26(14(2)3)23(32-19)25-16-8-6-5-7-9-16/h5-12,14H,4,13H2,1-3H3,(H,27,28)/b19-12+,25-23?. The second-order valence-corrected chi connectivity index (χ2v) is 8.92. The van der Waals surface area contributed by atoms with Gasteiger partial charge in [0.2, 0.25) is 0 Å². The van der Waals surface area contributed by atoms with Gasteiger partial charge in [-0.1, -0.05) is 18.2 Å². The third-order valence-electron chi connectivity index (χ3n) is 4.30. The molecule has 3 rings (SSSR count). The highest BCUT2D eigenvalue weighted by Crippen LogP contribution is 2.40. The first-order valence-electron chi connectivity index (χ1n) is 9.98. The van der Waals surface area contributed by atoms with Gasteiger partial charge in [0.05, 0.1) is 21.7 Å². The number of amidine groups is 1. The number of carboxylic acid groups (broad SMARTS) is 1. The summed E-state index contributed by atoms with van der Waals surface area (Å²) in [6, 6.07) is 12.9. The monoisotopic (exact) mass is 518 g/mol. The van der Waals surface area contributed by atoms with Crippen LogP contribution in [0, 0.1) is 0 Å². The fourth-order valence-electron chi connectivity index (χ4n) is 2.99. The molecule has 1 fully saturated rings. The van der Waals surface area contributed by atoms with E-state index in [2.05, 4.69) is 20.9 Å². The topological polar surface area (TPSA) is 88.4 Å². The van der Waals surface area contributed by atoms with E-state index in [9.17, 15) is 9.59 Å². The van der Waals surface area contributed by atoms with E-state index in [1.54, 1.807) is 23.1 Å². The molecular weight excluding hydrogens is 496 g/mol. The van der Waals surface area contributed by atoms with Crippen LogP contribution in [0.15, 0.2) is 56.8 Å². The predicted molar refractivity (Wildman–Crippen MR) is 130 cm³/mol. The van der Waals surface area contributed by atoms with Gasteiger partial charge in [-0.3, -0.25) is 9.69 Å². The molecule has 0 unspecified atom stereocenters. The average Bonchev–Trinajstić information content (AvgIpc) is 3.03. The molecule has 0 spiro atoms. The molecule has 1 amide bonds. The molecule has 1 saturated heterocycles. The van der Waals surface area contributed by atoms with Crippen molar-refractivity contribution < 1.29 is 24.2 Å². The Hall–Kier alpha value is -2.78. The minimum atomic E-state index is -1.09. The number of carbonyl (C=O) groups is 2. The number of nitrogens with zero attached hydrogens (tertiary/aromatic N) is 2. The lowest BCUT2D eigenvalue weighted by Gasteiger charge is -2.19. The zero-order chi connectivity index (χ0) is 23.3. The Bertz CT molecular complexity index is 1070. The molecular formula is C23H23BrN2O5S. The van der Waals surface area contributed by atoms with Gasteiger partial charge in [-0.25, -0.2) is 9.79 Å². The zero-order valence-electron chi connectivity index (χ0n) is 17.9. The van der Waals surface area contributed by atoms with E-state index in [0.29, 0.717) is 38.2 Å². The number of benzene rings is 2. The van der Waals surface area contributed by atoms with Crippen LogP contribution in [0.1, 0.15) is 26.3 Å². The van der Waals surface area contributed by atoms with Gasteiger partial charge in [-0.05, 0) is 84.4 Å². The Morgan fingerprint density at radius 2 is 1.97 bits per heavy atom. The first kappa shape index (κ1) is 23.9. The average molecular weight is 519 g/mol. The number of carboxylic acids is 1. The Kier molecular flexibility index (Phi) is 7.98. The van der Waals surface area contributed by atoms with Gasteiger partial charge in [0.25, 0.3) is 5.91 Å². The number of aliphatic imine (C=N–C) groups is 1. The molecule has 7 nitrogen and oxygen atoms in total. The predicted octanol–water partition coefficient (Wildman–Crippen LogP) is 5.32. The van der Waals surface area contributed by atoms with Crippen LogP contribution in [-0.2, 0) is 9.59 Å². The summed E-state index contributed by atoms with van der Waals surface area (Å²) in [5.41, 5.74) is 1.49. The molecule has 0 aromatic heterocycles. The van der Waals surface area contributed by atoms with E-state index in [1.165, 1.54) is 11.8 Å². The number of thioether (sulfide) groups is 1. The van der Waals surface area contributed by atoms with Crippen molar-refractivity contribution in [2.45, 2.75) is 26.8 Å². The molecule has 1 aliphatic heterocycles. The molecule has 32 heavy (non-hydrogen) atoms. The number of hydrogen-bond acceptors (Lipinski definition) is 6. The molecule has 9 heteroatoms. The van der Waals surface area contributed by atoms with Crippen molar-refractivity contribution in [2.24, 2.45) is 4.99 Å². The van der Waals surface area contributed by atoms with Crippen LogP contribution in [0.25, 0.3) is 6.08 Å². The van der Waals surface area contributed by atoms with Crippen LogP contribution < -0.4 is 9.47 Å². The number of para-hydroxylation sites is 1. The van der Waals surface area contributed by atoms with Crippen molar-refractivity contribution in [3.63, 3.8) is 0 Å². The number of ether oxygens (including phenoxy) is 2. The maximum absolute atomic E-state index is 13.1. The number of aliphatic carboxylic acids is 1. The van der Waals surface area contributed by atoms with Crippen LogP contribution in [-0.4, -0.2) is 46.3 Å². The Labute approximate surface area is 199 Å². The van der Waals surface area contributed by atoms with Crippen LogP contribution in [0.5, 0.6) is 11.5 Å². The number of amides is 1. The van der Waals surface area contributed by atoms with Crippen molar-refractivity contribution in [3.8, 4) is 11.5 Å². The van der Waals surface area contributed by atoms with Crippen molar-refractivity contribution in [1.82, 2.24) is 4.90 Å². The molecule has 0 radical (unpaired) electrons. The van der Waals surface area contributed by atoms with Crippen LogP contribution in [0.2, 0.25) is 0 Å². The van der Waals surface area contributed by atoms with Crippen molar-refractivity contribution >= 4 is 56.5 Å². The molecule has 0 bridgehead atoms. The Morgan fingerprint density at radius 3 is 2.59 bits per heavy atom. The van der Waals surface area contributed by atoms with Gasteiger partial charge in [0.15, 0.2) is 23.3 Å². The molecule has 2 aromatic rings. The molecule has 1 N–H and O–H groups in total. The summed E-state index contributed by atoms with van der Waals surface area (Å²) in [6.45, 7) is 5.60. The van der Waals surface area contributed by atoms with E-state index in [4.69, 9.17) is 14.6 Å². The first-order chi connectivity index (χ1) is 15.3. The fraction of sp³-hybridized carbons (Fsp3) is 0.261. The summed E-state index contributed by atoms with van der Waals surface area (Å²) in [7, 11) is 0. The SMILES string of the molecule is CCOc1cc(/C=C2/SC(=Nc3ccccc3)N(C(C)C)C2=O)cc(Br)c1OCC(=O)O. The second kappa shape index (κ2) is 10.7. The summed E-state index contributed by atoms with van der Waals surface area (Å²) >= 11 is 4.73. The van der Waals surface area contributed by atoms with E-state index in [1.807, 2.05) is 51.1 Å². The Morgan fingerprint density at radius 1 is 1.25 bits per heavy atom. The van der Waals surface area contributed by atoms with Gasteiger partial charge in [0.1, 0.15) is 0 Å². The van der Waals surface area contributed by atoms with Gasteiger partial charge in [-0.2, -0.15) is 0 Å². The van der Waals surface area contributed by atoms with Gasteiger partial charge < -0.3 is 14.6 Å². The quantitative estimate of drug-likeness (QED) is 0.475. The summed E-state index contributed by atoms with van der Waals surface area (Å²) in [4.78, 5) is 30.9. The minimum absolute atomic E-state index is 0.0547. The van der Waals surface area contributed by atoms with Crippen LogP contribution in [0.3, 0.4) is 0 Å². The molecule has 2 aromatic carbocycles. The third kappa shape index (κ3) is 5.72. The number of carbonyl (C=O) groups excluding carboxylic acids is 1. The highest BCUT2D eigenvalue weighted by Gasteiger charge is 2.35. The Balaban J connectivity index is 1.97. The molecule has 0 aliphatic carbocycles. The van der Waals surface area contributed by atoms with Crippen molar-refractivity contribution in [3.05, 3.63) is 57.4 Å². The highest BCUT2D eigenvalue weighted by atomic mass is 79.9. The van der Waals surface area contributed by atoms with Gasteiger partial charge >= 0.3 is 5.97 Å². The number of rotatable bonds is 8. The van der Waals surface area contributed by atoms with E-state index in [0.717, 1.165) is 5.69 Å². The lowest BCUT2D eigenvalue weighted by molar-refractivity contribution is -0.139. The van der Waals surface area contributed by atoms with Crippen molar-refractivity contribution in [2.75, 3.05) is 13.2 Å². The smallest absolute Gasteiger partial charge is 0.341 e. The molecule has 0 saturated carbocycles. The van der Waals surface area contributed by atoms with Crippen LogP contribution in [0.4, 0.5) is 5.69 Å². The summed E-state index contributed by atoms with van der Waals surface area (Å²) in [5.74, 6) is -0.515. The normalized spacial score (nSPS) is 16.3. The number of halogens is 1. The largest absolute Gasteiger partial charge is 0.490 e. The third-order valence-corrected chi connectivity index (χ3v) is 5.88. The maximum Gasteiger partial charge on any atom is 0.341 e. The van der Waals surface area contributed by atoms with Crippen molar-refractivity contribution in [1.29, 1.82) is 0 Å². The highest BCUT2D eigenvalue weighted by molar-refractivity contribution is 9.10. The molecule has 1 aliphatic rings.